The van der Waals surface area contributed by atoms with Crippen molar-refractivity contribution in [1.82, 2.24) is 10.3 Å². The Kier molecular flexibility index (Phi) is 9.30. The molecule has 1 unspecified atom stereocenters. The van der Waals surface area contributed by atoms with Gasteiger partial charge in [-0.3, -0.25) is 14.4 Å². The van der Waals surface area contributed by atoms with E-state index in [0.717, 1.165) is 67.3 Å². The van der Waals surface area contributed by atoms with Crippen molar-refractivity contribution in [2.75, 3.05) is 0 Å². The second kappa shape index (κ2) is 13.2. The van der Waals surface area contributed by atoms with Gasteiger partial charge in [-0.2, -0.15) is 5.10 Å². The van der Waals surface area contributed by atoms with Crippen molar-refractivity contribution in [2.45, 2.75) is 95.6 Å². The SMILES string of the molecule is O=C(O)CC[C@H]1CC[C@H](NC(=O)C(c2ccc(CN3N=C(c4ccccc4)CCC3=O)cc2)C2CCCC2)CC1. The minimum Gasteiger partial charge on any atom is -0.481 e. The second-order valence-electron chi connectivity index (χ2n) is 11.8. The molecule has 7 nitrogen and oxygen atoms in total. The number of carboxylic acids is 1. The lowest BCUT2D eigenvalue weighted by molar-refractivity contribution is -0.137. The Bertz CT molecular complexity index is 1200. The van der Waals surface area contributed by atoms with Crippen LogP contribution in [0.2, 0.25) is 0 Å². The molecule has 2 N–H and O–H groups in total. The highest BCUT2D eigenvalue weighted by molar-refractivity contribution is 6.04. The van der Waals surface area contributed by atoms with Crippen LogP contribution < -0.4 is 5.32 Å². The van der Waals surface area contributed by atoms with E-state index < -0.39 is 5.97 Å². The largest absolute Gasteiger partial charge is 0.481 e. The van der Waals surface area contributed by atoms with Gasteiger partial charge in [0.2, 0.25) is 11.8 Å². The van der Waals surface area contributed by atoms with Crippen LogP contribution in [0.3, 0.4) is 0 Å². The first kappa shape index (κ1) is 28.1. The van der Waals surface area contributed by atoms with Crippen molar-refractivity contribution in [3.05, 3.63) is 71.3 Å². The summed E-state index contributed by atoms with van der Waals surface area (Å²) in [5.41, 5.74) is 4.03. The monoisotopic (exact) mass is 543 g/mol. The zero-order valence-corrected chi connectivity index (χ0v) is 23.3. The molecule has 0 spiro atoms. The average Bonchev–Trinajstić information content (AvgIpc) is 3.50. The number of carbonyl (C=O) groups excluding carboxylic acids is 2. The lowest BCUT2D eigenvalue weighted by atomic mass is 9.81. The molecular formula is C33H41N3O4. The molecule has 2 aromatic carbocycles. The van der Waals surface area contributed by atoms with Crippen LogP contribution in [0, 0.1) is 11.8 Å². The van der Waals surface area contributed by atoms with Crippen LogP contribution >= 0.6 is 0 Å². The number of hydrogen-bond donors (Lipinski definition) is 2. The number of hydrogen-bond acceptors (Lipinski definition) is 4. The van der Waals surface area contributed by atoms with Gasteiger partial charge in [0.15, 0.2) is 0 Å². The number of nitrogens with one attached hydrogen (secondary N) is 1. The van der Waals surface area contributed by atoms with Gasteiger partial charge in [0.25, 0.3) is 0 Å². The molecule has 1 atom stereocenters. The van der Waals surface area contributed by atoms with Crippen LogP contribution in [-0.2, 0) is 20.9 Å². The number of nitrogens with zero attached hydrogens (tertiary/aromatic N) is 2. The standard InChI is InChI=1S/C33H41N3O4/c37-30-20-19-29(25-6-2-1-3-7-25)35-36(30)22-24-10-15-27(16-11-24)32(26-8-4-5-9-26)33(40)34-28-17-12-23(13-18-28)14-21-31(38)39/h1-3,6-7,10-11,15-16,23,26,28,32H,4-5,8-9,12-14,17-22H2,(H,34,40)(H,38,39)/t23-,28-,32?. The first-order chi connectivity index (χ1) is 19.5. The first-order valence-corrected chi connectivity index (χ1v) is 15.0. The van der Waals surface area contributed by atoms with Crippen molar-refractivity contribution in [2.24, 2.45) is 16.9 Å². The molecule has 0 radical (unpaired) electrons. The molecule has 2 aromatic rings. The zero-order valence-electron chi connectivity index (χ0n) is 23.3. The third kappa shape index (κ3) is 7.18. The van der Waals surface area contributed by atoms with Gasteiger partial charge in [-0.25, -0.2) is 5.01 Å². The fourth-order valence-electron chi connectivity index (χ4n) is 6.71. The Morgan fingerprint density at radius 2 is 1.62 bits per heavy atom. The summed E-state index contributed by atoms with van der Waals surface area (Å²) in [7, 11) is 0. The van der Waals surface area contributed by atoms with Crippen LogP contribution in [-0.4, -0.2) is 39.7 Å². The summed E-state index contributed by atoms with van der Waals surface area (Å²) in [6.45, 7) is 0.418. The van der Waals surface area contributed by atoms with E-state index in [1.54, 1.807) is 5.01 Å². The van der Waals surface area contributed by atoms with Gasteiger partial charge in [-0.05, 0) is 73.5 Å². The quantitative estimate of drug-likeness (QED) is 0.382. The van der Waals surface area contributed by atoms with Crippen molar-refractivity contribution in [3.8, 4) is 0 Å². The highest BCUT2D eigenvalue weighted by Gasteiger charge is 2.34. The molecule has 5 rings (SSSR count). The van der Waals surface area contributed by atoms with Crippen LogP contribution in [0.5, 0.6) is 0 Å². The Labute approximate surface area is 237 Å². The lowest BCUT2D eigenvalue weighted by Gasteiger charge is -2.31. The normalized spacial score (nSPS) is 22.6. The molecule has 2 saturated carbocycles. The second-order valence-corrected chi connectivity index (χ2v) is 11.8. The molecular weight excluding hydrogens is 502 g/mol. The Balaban J connectivity index is 1.23. The van der Waals surface area contributed by atoms with E-state index in [9.17, 15) is 14.4 Å². The van der Waals surface area contributed by atoms with Crippen LogP contribution in [0.15, 0.2) is 59.7 Å². The van der Waals surface area contributed by atoms with Crippen LogP contribution in [0.4, 0.5) is 0 Å². The third-order valence-electron chi connectivity index (χ3n) is 9.00. The molecule has 212 valence electrons. The minimum absolute atomic E-state index is 0.0321. The number of hydrazone groups is 1. The van der Waals surface area contributed by atoms with Gasteiger partial charge in [0.1, 0.15) is 0 Å². The van der Waals surface area contributed by atoms with Crippen molar-refractivity contribution in [3.63, 3.8) is 0 Å². The van der Waals surface area contributed by atoms with Gasteiger partial charge in [-0.15, -0.1) is 0 Å². The number of aliphatic carboxylic acids is 1. The molecule has 0 saturated heterocycles. The summed E-state index contributed by atoms with van der Waals surface area (Å²) in [5, 5.41) is 18.6. The molecule has 2 fully saturated rings. The van der Waals surface area contributed by atoms with Crippen molar-refractivity contribution < 1.29 is 19.5 Å². The van der Waals surface area contributed by atoms with E-state index in [4.69, 9.17) is 5.11 Å². The molecule has 0 bridgehead atoms. The minimum atomic E-state index is -0.729. The van der Waals surface area contributed by atoms with Crippen molar-refractivity contribution >= 4 is 23.5 Å². The van der Waals surface area contributed by atoms with E-state index in [-0.39, 0.29) is 30.2 Å². The van der Waals surface area contributed by atoms with Crippen molar-refractivity contribution in [1.29, 1.82) is 0 Å². The zero-order chi connectivity index (χ0) is 27.9. The molecule has 3 aliphatic rings. The number of amides is 2. The molecule has 1 aliphatic heterocycles. The van der Waals surface area contributed by atoms with Gasteiger partial charge < -0.3 is 10.4 Å². The fraction of sp³-hybridized carbons (Fsp3) is 0.515. The van der Waals surface area contributed by atoms with E-state index in [1.165, 1.54) is 12.8 Å². The maximum absolute atomic E-state index is 13.7. The maximum Gasteiger partial charge on any atom is 0.303 e. The Hall–Kier alpha value is -3.48. The lowest BCUT2D eigenvalue weighted by Crippen LogP contribution is -2.41. The fourth-order valence-corrected chi connectivity index (χ4v) is 6.71. The highest BCUT2D eigenvalue weighted by atomic mass is 16.4. The predicted molar refractivity (Wildman–Crippen MR) is 155 cm³/mol. The first-order valence-electron chi connectivity index (χ1n) is 15.0. The Morgan fingerprint density at radius 3 is 2.30 bits per heavy atom. The number of carbonyl (C=O) groups is 3. The van der Waals surface area contributed by atoms with E-state index in [0.29, 0.717) is 31.2 Å². The Morgan fingerprint density at radius 1 is 0.925 bits per heavy atom. The van der Waals surface area contributed by atoms with Crippen LogP contribution in [0.25, 0.3) is 0 Å². The smallest absolute Gasteiger partial charge is 0.303 e. The van der Waals surface area contributed by atoms with Gasteiger partial charge in [-0.1, -0.05) is 67.4 Å². The summed E-state index contributed by atoms with van der Waals surface area (Å²) < 4.78 is 0. The molecule has 0 aromatic heterocycles. The van der Waals surface area contributed by atoms with E-state index in [1.807, 2.05) is 42.5 Å². The molecule has 2 aliphatic carbocycles. The van der Waals surface area contributed by atoms with Crippen LogP contribution in [0.1, 0.15) is 99.7 Å². The number of benzene rings is 2. The average molecular weight is 544 g/mol. The van der Waals surface area contributed by atoms with E-state index >= 15 is 0 Å². The van der Waals surface area contributed by atoms with Gasteiger partial charge in [0.05, 0.1) is 18.2 Å². The molecule has 2 amide bonds. The molecule has 1 heterocycles. The highest BCUT2D eigenvalue weighted by Crippen LogP contribution is 2.38. The summed E-state index contributed by atoms with van der Waals surface area (Å²) in [5.74, 6) is 0.0528. The number of rotatable bonds is 10. The maximum atomic E-state index is 13.7. The topological polar surface area (TPSA) is 99.1 Å². The molecule has 7 heteroatoms. The van der Waals surface area contributed by atoms with E-state index in [2.05, 4.69) is 22.6 Å². The molecule has 40 heavy (non-hydrogen) atoms. The number of carboxylic acid groups (broad SMARTS) is 1. The summed E-state index contributed by atoms with van der Waals surface area (Å²) in [4.78, 5) is 37.2. The third-order valence-corrected chi connectivity index (χ3v) is 9.00. The van der Waals surface area contributed by atoms with Gasteiger partial charge >= 0.3 is 5.97 Å². The van der Waals surface area contributed by atoms with Gasteiger partial charge in [0, 0.05) is 25.3 Å². The summed E-state index contributed by atoms with van der Waals surface area (Å²) in [6, 6.07) is 18.4. The predicted octanol–water partition coefficient (Wildman–Crippen LogP) is 6.03. The summed E-state index contributed by atoms with van der Waals surface area (Å²) >= 11 is 0. The summed E-state index contributed by atoms with van der Waals surface area (Å²) in [6.07, 6.45) is 10.3.